The number of hydrogen-bond acceptors (Lipinski definition) is 1. The van der Waals surface area contributed by atoms with E-state index in [4.69, 9.17) is 4.74 Å². The number of halogens is 3. The molecule has 1 saturated heterocycles. The Labute approximate surface area is 97.8 Å². The SMILES string of the molecule is Fc1cc(F)c(COC2CC[N]CC2)c(F)c1. The number of hydrogen-bond donors (Lipinski definition) is 0. The van der Waals surface area contributed by atoms with Crippen LogP contribution in [0.3, 0.4) is 0 Å². The van der Waals surface area contributed by atoms with Gasteiger partial charge in [-0.2, -0.15) is 0 Å². The number of piperidine rings is 1. The predicted molar refractivity (Wildman–Crippen MR) is 56.0 cm³/mol. The molecule has 0 saturated carbocycles. The second kappa shape index (κ2) is 5.51. The van der Waals surface area contributed by atoms with Gasteiger partial charge in [-0.05, 0) is 12.8 Å². The fourth-order valence-electron chi connectivity index (χ4n) is 1.80. The lowest BCUT2D eigenvalue weighted by Gasteiger charge is -2.22. The van der Waals surface area contributed by atoms with Crippen LogP contribution in [0.2, 0.25) is 0 Å². The molecule has 17 heavy (non-hydrogen) atoms. The van der Waals surface area contributed by atoms with Crippen molar-refractivity contribution >= 4 is 0 Å². The highest BCUT2D eigenvalue weighted by Crippen LogP contribution is 2.18. The van der Waals surface area contributed by atoms with Crippen LogP contribution in [-0.2, 0) is 11.3 Å². The van der Waals surface area contributed by atoms with Crippen molar-refractivity contribution in [3.8, 4) is 0 Å². The Morgan fingerprint density at radius 2 is 1.71 bits per heavy atom. The van der Waals surface area contributed by atoms with Crippen LogP contribution in [-0.4, -0.2) is 19.2 Å². The minimum atomic E-state index is -0.916. The van der Waals surface area contributed by atoms with E-state index < -0.39 is 17.5 Å². The summed E-state index contributed by atoms with van der Waals surface area (Å²) in [6.07, 6.45) is 1.52. The van der Waals surface area contributed by atoms with E-state index in [9.17, 15) is 13.2 Å². The van der Waals surface area contributed by atoms with Gasteiger partial charge in [-0.25, -0.2) is 18.5 Å². The molecular weight excluding hydrogens is 231 g/mol. The molecule has 0 spiro atoms. The molecule has 0 aliphatic carbocycles. The summed E-state index contributed by atoms with van der Waals surface area (Å²) >= 11 is 0. The molecule has 2 nitrogen and oxygen atoms in total. The summed E-state index contributed by atoms with van der Waals surface area (Å²) in [4.78, 5) is 0. The average Bonchev–Trinajstić information content (AvgIpc) is 2.29. The minimum Gasteiger partial charge on any atom is -0.373 e. The molecule has 0 atom stereocenters. The molecule has 1 aliphatic rings. The lowest BCUT2D eigenvalue weighted by Crippen LogP contribution is -2.28. The summed E-state index contributed by atoms with van der Waals surface area (Å²) in [5.74, 6) is -2.72. The van der Waals surface area contributed by atoms with Gasteiger partial charge in [0.05, 0.1) is 12.7 Å². The molecule has 93 valence electrons. The Hall–Kier alpha value is -1.07. The van der Waals surface area contributed by atoms with Crippen LogP contribution in [0.4, 0.5) is 13.2 Å². The van der Waals surface area contributed by atoms with E-state index in [0.29, 0.717) is 12.1 Å². The molecule has 1 aromatic rings. The van der Waals surface area contributed by atoms with Crippen molar-refractivity contribution in [2.45, 2.75) is 25.6 Å². The van der Waals surface area contributed by atoms with Gasteiger partial charge in [-0.3, -0.25) is 0 Å². The van der Waals surface area contributed by atoms with Gasteiger partial charge in [-0.1, -0.05) is 0 Å². The van der Waals surface area contributed by atoms with Crippen molar-refractivity contribution in [3.63, 3.8) is 0 Å². The third-order valence-electron chi connectivity index (χ3n) is 2.79. The van der Waals surface area contributed by atoms with E-state index in [1.54, 1.807) is 0 Å². The normalized spacial score (nSPS) is 17.4. The van der Waals surface area contributed by atoms with Crippen LogP contribution in [0.15, 0.2) is 12.1 Å². The van der Waals surface area contributed by atoms with Gasteiger partial charge >= 0.3 is 0 Å². The van der Waals surface area contributed by atoms with Crippen LogP contribution < -0.4 is 5.32 Å². The molecule has 2 rings (SSSR count). The maximum absolute atomic E-state index is 13.3. The van der Waals surface area contributed by atoms with E-state index >= 15 is 0 Å². The zero-order chi connectivity index (χ0) is 12.3. The zero-order valence-corrected chi connectivity index (χ0v) is 9.26. The largest absolute Gasteiger partial charge is 0.373 e. The van der Waals surface area contributed by atoms with E-state index in [1.807, 2.05) is 0 Å². The van der Waals surface area contributed by atoms with E-state index in [1.165, 1.54) is 0 Å². The van der Waals surface area contributed by atoms with E-state index in [2.05, 4.69) is 5.32 Å². The first-order valence-electron chi connectivity index (χ1n) is 5.55. The minimum absolute atomic E-state index is 0.0173. The quantitative estimate of drug-likeness (QED) is 0.800. The van der Waals surface area contributed by atoms with Crippen molar-refractivity contribution in [1.82, 2.24) is 5.32 Å². The smallest absolute Gasteiger partial charge is 0.134 e. The Kier molecular flexibility index (Phi) is 4.02. The van der Waals surface area contributed by atoms with Crippen molar-refractivity contribution < 1.29 is 17.9 Å². The van der Waals surface area contributed by atoms with Crippen molar-refractivity contribution in [3.05, 3.63) is 35.1 Å². The van der Waals surface area contributed by atoms with Crippen LogP contribution in [0.1, 0.15) is 18.4 Å². The predicted octanol–water partition coefficient (Wildman–Crippen LogP) is 2.39. The maximum Gasteiger partial charge on any atom is 0.134 e. The molecule has 0 unspecified atom stereocenters. The van der Waals surface area contributed by atoms with Gasteiger partial charge in [0.15, 0.2) is 0 Å². The summed E-state index contributed by atoms with van der Waals surface area (Å²) in [5, 5.41) is 4.15. The molecule has 5 heteroatoms. The Morgan fingerprint density at radius 3 is 2.29 bits per heavy atom. The Morgan fingerprint density at radius 1 is 1.12 bits per heavy atom. The fourth-order valence-corrected chi connectivity index (χ4v) is 1.80. The Balaban J connectivity index is 1.98. The molecule has 0 N–H and O–H groups in total. The molecule has 1 heterocycles. The summed E-state index contributed by atoms with van der Waals surface area (Å²) < 4.78 is 44.7. The van der Waals surface area contributed by atoms with E-state index in [-0.39, 0.29) is 18.3 Å². The third-order valence-corrected chi connectivity index (χ3v) is 2.79. The van der Waals surface area contributed by atoms with Crippen LogP contribution >= 0.6 is 0 Å². The number of ether oxygens (including phenoxy) is 1. The highest BCUT2D eigenvalue weighted by Gasteiger charge is 2.17. The number of nitrogens with zero attached hydrogens (tertiary/aromatic N) is 1. The van der Waals surface area contributed by atoms with Crippen molar-refractivity contribution in [2.24, 2.45) is 0 Å². The monoisotopic (exact) mass is 244 g/mol. The third kappa shape index (κ3) is 3.20. The first-order valence-corrected chi connectivity index (χ1v) is 5.55. The topological polar surface area (TPSA) is 23.3 Å². The van der Waals surface area contributed by atoms with E-state index in [0.717, 1.165) is 25.9 Å². The lowest BCUT2D eigenvalue weighted by atomic mass is 10.1. The Bertz CT molecular complexity index is 368. The molecule has 0 bridgehead atoms. The molecular formula is C12H13F3NO. The van der Waals surface area contributed by atoms with Crippen molar-refractivity contribution in [2.75, 3.05) is 13.1 Å². The standard InChI is InChI=1S/C12H13F3NO/c13-8-5-11(14)10(12(15)6-8)7-17-9-1-3-16-4-2-9/h5-6,9H,1-4,7H2. The maximum atomic E-state index is 13.3. The molecule has 1 aliphatic heterocycles. The highest BCUT2D eigenvalue weighted by molar-refractivity contribution is 5.20. The van der Waals surface area contributed by atoms with Gasteiger partial charge in [0.1, 0.15) is 17.5 Å². The second-order valence-corrected chi connectivity index (χ2v) is 4.03. The first-order chi connectivity index (χ1) is 8.16. The van der Waals surface area contributed by atoms with Gasteiger partial charge in [0.2, 0.25) is 0 Å². The second-order valence-electron chi connectivity index (χ2n) is 4.03. The van der Waals surface area contributed by atoms with Crippen molar-refractivity contribution in [1.29, 1.82) is 0 Å². The highest BCUT2D eigenvalue weighted by atomic mass is 19.1. The van der Waals surface area contributed by atoms with Gasteiger partial charge in [-0.15, -0.1) is 0 Å². The molecule has 0 aromatic heterocycles. The summed E-state index contributed by atoms with van der Waals surface area (Å²) in [6, 6.07) is 1.33. The van der Waals surface area contributed by atoms with Gasteiger partial charge in [0.25, 0.3) is 0 Å². The zero-order valence-electron chi connectivity index (χ0n) is 9.26. The summed E-state index contributed by atoms with van der Waals surface area (Å²) in [7, 11) is 0. The first kappa shape index (κ1) is 12.4. The molecule has 1 radical (unpaired) electrons. The lowest BCUT2D eigenvalue weighted by molar-refractivity contribution is 0.0179. The summed E-state index contributed by atoms with van der Waals surface area (Å²) in [6.45, 7) is 1.28. The van der Waals surface area contributed by atoms with Crippen LogP contribution in [0.5, 0.6) is 0 Å². The van der Waals surface area contributed by atoms with Gasteiger partial charge < -0.3 is 4.74 Å². The molecule has 1 aromatic carbocycles. The molecule has 1 fully saturated rings. The summed E-state index contributed by atoms with van der Waals surface area (Å²) in [5.41, 5.74) is -0.214. The fraction of sp³-hybridized carbons (Fsp3) is 0.500. The van der Waals surface area contributed by atoms with Crippen LogP contribution in [0.25, 0.3) is 0 Å². The average molecular weight is 244 g/mol. The van der Waals surface area contributed by atoms with Gasteiger partial charge in [0, 0.05) is 30.8 Å². The number of rotatable bonds is 3. The number of benzene rings is 1. The molecule has 0 amide bonds. The van der Waals surface area contributed by atoms with Crippen LogP contribution in [0, 0.1) is 17.5 Å².